The fraction of sp³-hybridized carbons (Fsp3) is 0.278. The highest BCUT2D eigenvalue weighted by Gasteiger charge is 2.23. The molecule has 0 bridgehead atoms. The van der Waals surface area contributed by atoms with Crippen LogP contribution in [0.15, 0.2) is 42.5 Å². The lowest BCUT2D eigenvalue weighted by atomic mass is 9.87. The number of aromatic amines is 1. The van der Waals surface area contributed by atoms with Gasteiger partial charge >= 0.3 is 0 Å². The smallest absolute Gasteiger partial charge is 0.178 e. The number of nitrogens with zero attached hydrogens (tertiary/aromatic N) is 1. The Morgan fingerprint density at radius 1 is 1.14 bits per heavy atom. The molecule has 1 aromatic heterocycles. The quantitative estimate of drug-likeness (QED) is 0.631. The minimum atomic E-state index is 0.359. The van der Waals surface area contributed by atoms with Gasteiger partial charge in [-0.3, -0.25) is 0 Å². The van der Waals surface area contributed by atoms with E-state index >= 15 is 0 Å². The number of fused-ring (bicyclic) bond motifs is 2. The van der Waals surface area contributed by atoms with Gasteiger partial charge in [0.15, 0.2) is 4.77 Å². The topological polar surface area (TPSA) is 20.7 Å². The Bertz CT molecular complexity index is 872. The molecule has 3 heteroatoms. The molecule has 1 aliphatic carbocycles. The van der Waals surface area contributed by atoms with Crippen LogP contribution in [-0.2, 0) is 6.42 Å². The van der Waals surface area contributed by atoms with E-state index in [4.69, 9.17) is 12.2 Å². The van der Waals surface area contributed by atoms with E-state index in [0.29, 0.717) is 6.04 Å². The number of hydrogen-bond donors (Lipinski definition) is 1. The zero-order chi connectivity index (χ0) is 14.4. The molecule has 0 spiro atoms. The van der Waals surface area contributed by atoms with Crippen molar-refractivity contribution in [3.63, 3.8) is 0 Å². The molecule has 1 unspecified atom stereocenters. The predicted molar refractivity (Wildman–Crippen MR) is 89.4 cm³/mol. The Hall–Kier alpha value is -1.87. The molecule has 2 nitrogen and oxygen atoms in total. The Balaban J connectivity index is 1.98. The highest BCUT2D eigenvalue weighted by Crippen LogP contribution is 2.35. The van der Waals surface area contributed by atoms with Gasteiger partial charge in [0.25, 0.3) is 0 Å². The van der Waals surface area contributed by atoms with Gasteiger partial charge in [0.1, 0.15) is 0 Å². The van der Waals surface area contributed by atoms with E-state index in [1.807, 2.05) is 0 Å². The van der Waals surface area contributed by atoms with Crippen LogP contribution in [0, 0.1) is 11.7 Å². The van der Waals surface area contributed by atoms with Crippen LogP contribution in [0.2, 0.25) is 0 Å². The van der Waals surface area contributed by atoms with Crippen molar-refractivity contribution in [3.8, 4) is 0 Å². The second kappa shape index (κ2) is 4.85. The second-order valence-corrected chi connectivity index (χ2v) is 6.26. The number of rotatable bonds is 1. The Morgan fingerprint density at radius 3 is 2.90 bits per heavy atom. The summed E-state index contributed by atoms with van der Waals surface area (Å²) in [6.07, 6.45) is 3.57. The molecule has 0 saturated carbocycles. The minimum Gasteiger partial charge on any atom is -0.330 e. The van der Waals surface area contributed by atoms with E-state index in [2.05, 4.69) is 58.9 Å². The molecule has 106 valence electrons. The van der Waals surface area contributed by atoms with Crippen molar-refractivity contribution in [2.45, 2.75) is 32.2 Å². The molecule has 3 aromatic rings. The lowest BCUT2D eigenvalue weighted by molar-refractivity contribution is 0.495. The third-order valence-electron chi connectivity index (χ3n) is 4.61. The van der Waals surface area contributed by atoms with Crippen molar-refractivity contribution in [1.82, 2.24) is 9.55 Å². The summed E-state index contributed by atoms with van der Waals surface area (Å²) in [4.78, 5) is 3.40. The van der Waals surface area contributed by atoms with Crippen molar-refractivity contribution in [3.05, 3.63) is 63.9 Å². The number of para-hydroxylation sites is 1. The van der Waals surface area contributed by atoms with E-state index in [9.17, 15) is 0 Å². The standard InChI is InChI=1S/C18H18N2S/c1-12-6-4-11-16-17(12)19-18(21)20(16)15-10-5-8-13-7-2-3-9-14(13)15/h2-4,6-7,9,11,15H,5,8,10H2,1H3,(H,19,21). The number of hydrogen-bond acceptors (Lipinski definition) is 1. The number of nitrogens with one attached hydrogen (secondary N) is 1. The third kappa shape index (κ3) is 1.95. The number of H-pyrrole nitrogens is 1. The van der Waals surface area contributed by atoms with Crippen LogP contribution < -0.4 is 0 Å². The van der Waals surface area contributed by atoms with Gasteiger partial charge in [-0.05, 0) is 61.2 Å². The first-order valence-corrected chi connectivity index (χ1v) is 7.94. The summed E-state index contributed by atoms with van der Waals surface area (Å²) in [7, 11) is 0. The molecule has 1 heterocycles. The number of imidazole rings is 1. The van der Waals surface area contributed by atoms with Crippen molar-refractivity contribution in [2.75, 3.05) is 0 Å². The molecule has 1 atom stereocenters. The number of benzene rings is 2. The molecular weight excluding hydrogens is 276 g/mol. The lowest BCUT2D eigenvalue weighted by Crippen LogP contribution is -2.17. The molecule has 0 fully saturated rings. The van der Waals surface area contributed by atoms with Crippen LogP contribution in [0.4, 0.5) is 0 Å². The van der Waals surface area contributed by atoms with Gasteiger partial charge in [0, 0.05) is 0 Å². The van der Waals surface area contributed by atoms with Crippen molar-refractivity contribution >= 4 is 23.3 Å². The zero-order valence-corrected chi connectivity index (χ0v) is 12.9. The van der Waals surface area contributed by atoms with Crippen molar-refractivity contribution in [1.29, 1.82) is 0 Å². The molecular formula is C18H18N2S. The van der Waals surface area contributed by atoms with E-state index in [1.165, 1.54) is 40.6 Å². The molecule has 0 saturated heterocycles. The monoisotopic (exact) mass is 294 g/mol. The summed E-state index contributed by atoms with van der Waals surface area (Å²) in [5.74, 6) is 0. The molecule has 0 radical (unpaired) electrons. The average Bonchev–Trinajstić information content (AvgIpc) is 2.84. The zero-order valence-electron chi connectivity index (χ0n) is 12.1. The summed E-state index contributed by atoms with van der Waals surface area (Å²) in [5, 5.41) is 0. The number of aromatic nitrogens is 2. The van der Waals surface area contributed by atoms with Gasteiger partial charge in [0.05, 0.1) is 17.1 Å². The van der Waals surface area contributed by atoms with Crippen LogP contribution in [0.1, 0.15) is 35.6 Å². The average molecular weight is 294 g/mol. The van der Waals surface area contributed by atoms with Crippen molar-refractivity contribution < 1.29 is 0 Å². The molecule has 0 aliphatic heterocycles. The summed E-state index contributed by atoms with van der Waals surface area (Å²) in [6, 6.07) is 15.6. The highest BCUT2D eigenvalue weighted by molar-refractivity contribution is 7.71. The first kappa shape index (κ1) is 12.8. The molecule has 4 rings (SSSR count). The maximum absolute atomic E-state index is 5.63. The Morgan fingerprint density at radius 2 is 2.00 bits per heavy atom. The van der Waals surface area contributed by atoms with Gasteiger partial charge < -0.3 is 9.55 Å². The van der Waals surface area contributed by atoms with E-state index < -0.39 is 0 Å². The first-order valence-electron chi connectivity index (χ1n) is 7.53. The predicted octanol–water partition coefficient (Wildman–Crippen LogP) is 4.93. The maximum atomic E-state index is 5.63. The third-order valence-corrected chi connectivity index (χ3v) is 4.91. The van der Waals surface area contributed by atoms with Crippen LogP contribution >= 0.6 is 12.2 Å². The van der Waals surface area contributed by atoms with Gasteiger partial charge in [-0.1, -0.05) is 36.4 Å². The summed E-state index contributed by atoms with van der Waals surface area (Å²) < 4.78 is 3.15. The summed E-state index contributed by atoms with van der Waals surface area (Å²) in [5.41, 5.74) is 6.55. The van der Waals surface area contributed by atoms with Gasteiger partial charge in [-0.25, -0.2) is 0 Å². The fourth-order valence-corrected chi connectivity index (χ4v) is 3.93. The molecule has 1 aliphatic rings. The van der Waals surface area contributed by atoms with Crippen LogP contribution in [0.3, 0.4) is 0 Å². The van der Waals surface area contributed by atoms with E-state index in [1.54, 1.807) is 0 Å². The number of aryl methyl sites for hydroxylation is 2. The molecule has 0 amide bonds. The molecule has 21 heavy (non-hydrogen) atoms. The lowest BCUT2D eigenvalue weighted by Gasteiger charge is -2.27. The van der Waals surface area contributed by atoms with Gasteiger partial charge in [-0.15, -0.1) is 0 Å². The van der Waals surface area contributed by atoms with Crippen LogP contribution in [0.5, 0.6) is 0 Å². The van der Waals surface area contributed by atoms with Crippen LogP contribution in [0.25, 0.3) is 11.0 Å². The fourth-order valence-electron chi connectivity index (χ4n) is 3.60. The maximum Gasteiger partial charge on any atom is 0.178 e. The normalized spacial score (nSPS) is 17.9. The van der Waals surface area contributed by atoms with E-state index in [-0.39, 0.29) is 0 Å². The van der Waals surface area contributed by atoms with E-state index in [0.717, 1.165) is 11.2 Å². The molecule has 2 aromatic carbocycles. The van der Waals surface area contributed by atoms with Crippen LogP contribution in [-0.4, -0.2) is 9.55 Å². The summed E-state index contributed by atoms with van der Waals surface area (Å²) >= 11 is 5.63. The first-order chi connectivity index (χ1) is 10.3. The van der Waals surface area contributed by atoms with Gasteiger partial charge in [-0.2, -0.15) is 0 Å². The minimum absolute atomic E-state index is 0.359. The summed E-state index contributed by atoms with van der Waals surface area (Å²) in [6.45, 7) is 2.13. The molecule has 1 N–H and O–H groups in total. The Labute approximate surface area is 129 Å². The Kier molecular flexibility index (Phi) is 2.96. The van der Waals surface area contributed by atoms with Gasteiger partial charge in [0.2, 0.25) is 0 Å². The highest BCUT2D eigenvalue weighted by atomic mass is 32.1. The largest absolute Gasteiger partial charge is 0.330 e. The SMILES string of the molecule is Cc1cccc2c1[nH]c(=S)n2C1CCCc2ccccc21. The second-order valence-electron chi connectivity index (χ2n) is 5.88. The van der Waals surface area contributed by atoms with Crippen molar-refractivity contribution in [2.24, 2.45) is 0 Å².